The maximum Gasteiger partial charge on any atom is 0.244 e. The van der Waals surface area contributed by atoms with Gasteiger partial charge in [0.15, 0.2) is 0 Å². The number of aromatic nitrogens is 1. The highest BCUT2D eigenvalue weighted by atomic mass is 35.5. The van der Waals surface area contributed by atoms with E-state index in [-0.39, 0.29) is 12.5 Å². The lowest BCUT2D eigenvalue weighted by Crippen LogP contribution is -2.18. The fourth-order valence-corrected chi connectivity index (χ4v) is 3.53. The van der Waals surface area contributed by atoms with Crippen molar-refractivity contribution < 1.29 is 9.53 Å². The number of carbonyl (C=O) groups excluding carboxylic acids is 1. The highest BCUT2D eigenvalue weighted by Gasteiger charge is 2.11. The molecule has 0 saturated carbocycles. The second-order valence-corrected chi connectivity index (χ2v) is 7.35. The van der Waals surface area contributed by atoms with Crippen LogP contribution >= 0.6 is 11.6 Å². The molecule has 4 aromatic rings. The van der Waals surface area contributed by atoms with E-state index >= 15 is 0 Å². The monoisotopic (exact) mass is 404 g/mol. The first-order chi connectivity index (χ1) is 14.1. The van der Waals surface area contributed by atoms with Crippen LogP contribution in [0.3, 0.4) is 0 Å². The van der Waals surface area contributed by atoms with Gasteiger partial charge in [-0.3, -0.25) is 4.79 Å². The van der Waals surface area contributed by atoms with Crippen LogP contribution in [0.1, 0.15) is 11.1 Å². The van der Waals surface area contributed by atoms with Gasteiger partial charge in [-0.05, 0) is 54.4 Å². The van der Waals surface area contributed by atoms with Crippen molar-refractivity contribution >= 4 is 34.1 Å². The summed E-state index contributed by atoms with van der Waals surface area (Å²) in [6.07, 6.45) is 1.91. The van der Waals surface area contributed by atoms with Gasteiger partial charge < -0.3 is 14.6 Å². The quantitative estimate of drug-likeness (QED) is 0.440. The van der Waals surface area contributed by atoms with E-state index in [4.69, 9.17) is 16.3 Å². The third-order valence-corrected chi connectivity index (χ3v) is 5.02. The molecule has 0 aliphatic heterocycles. The molecule has 0 fully saturated rings. The van der Waals surface area contributed by atoms with Crippen molar-refractivity contribution in [1.82, 2.24) is 4.57 Å². The molecule has 0 aliphatic rings. The first-order valence-corrected chi connectivity index (χ1v) is 9.78. The Labute approximate surface area is 174 Å². The highest BCUT2D eigenvalue weighted by Crippen LogP contribution is 2.27. The van der Waals surface area contributed by atoms with Gasteiger partial charge in [0.25, 0.3) is 0 Å². The average molecular weight is 405 g/mol. The number of carbonyl (C=O) groups is 1. The van der Waals surface area contributed by atoms with Crippen molar-refractivity contribution in [3.8, 4) is 5.75 Å². The summed E-state index contributed by atoms with van der Waals surface area (Å²) in [4.78, 5) is 12.6. The summed E-state index contributed by atoms with van der Waals surface area (Å²) < 4.78 is 7.94. The second kappa shape index (κ2) is 8.41. The first-order valence-electron chi connectivity index (χ1n) is 9.41. The largest absolute Gasteiger partial charge is 0.488 e. The van der Waals surface area contributed by atoms with Crippen LogP contribution in [0, 0.1) is 6.92 Å². The number of amides is 1. The molecule has 0 saturated heterocycles. The second-order valence-electron chi connectivity index (χ2n) is 6.91. The van der Waals surface area contributed by atoms with E-state index in [0.29, 0.717) is 11.6 Å². The van der Waals surface area contributed by atoms with Gasteiger partial charge in [-0.1, -0.05) is 48.0 Å². The van der Waals surface area contributed by atoms with Crippen LogP contribution in [0.15, 0.2) is 79.0 Å². The lowest BCUT2D eigenvalue weighted by molar-refractivity contribution is -0.116. The van der Waals surface area contributed by atoms with Crippen LogP contribution in [-0.4, -0.2) is 10.5 Å². The van der Waals surface area contributed by atoms with Gasteiger partial charge in [0, 0.05) is 22.3 Å². The number of aryl methyl sites for hydroxylation is 1. The molecule has 0 radical (unpaired) electrons. The molecule has 1 amide bonds. The molecule has 4 nitrogen and oxygen atoms in total. The normalized spacial score (nSPS) is 10.8. The third-order valence-electron chi connectivity index (χ3n) is 4.79. The minimum atomic E-state index is -0.0940. The van der Waals surface area contributed by atoms with Crippen LogP contribution in [0.4, 0.5) is 5.69 Å². The van der Waals surface area contributed by atoms with Gasteiger partial charge >= 0.3 is 0 Å². The highest BCUT2D eigenvalue weighted by molar-refractivity contribution is 6.30. The van der Waals surface area contributed by atoms with Crippen molar-refractivity contribution in [2.45, 2.75) is 20.1 Å². The van der Waals surface area contributed by atoms with E-state index in [1.54, 1.807) is 6.07 Å². The molecular formula is C24H21ClN2O2. The minimum absolute atomic E-state index is 0.0940. The van der Waals surface area contributed by atoms with Gasteiger partial charge in [-0.25, -0.2) is 0 Å². The smallest absolute Gasteiger partial charge is 0.244 e. The predicted molar refractivity (Wildman–Crippen MR) is 118 cm³/mol. The molecule has 0 aliphatic carbocycles. The van der Waals surface area contributed by atoms with E-state index in [1.807, 2.05) is 84.4 Å². The summed E-state index contributed by atoms with van der Waals surface area (Å²) in [5, 5.41) is 4.59. The molecule has 146 valence electrons. The van der Waals surface area contributed by atoms with E-state index < -0.39 is 0 Å². The Morgan fingerprint density at radius 1 is 1.03 bits per heavy atom. The van der Waals surface area contributed by atoms with E-state index in [0.717, 1.165) is 33.5 Å². The molecule has 4 rings (SSSR count). The van der Waals surface area contributed by atoms with Gasteiger partial charge in [0.05, 0.1) is 5.52 Å². The van der Waals surface area contributed by atoms with Crippen molar-refractivity contribution in [2.24, 2.45) is 0 Å². The Bertz CT molecular complexity index is 1150. The van der Waals surface area contributed by atoms with E-state index in [2.05, 4.69) is 5.32 Å². The van der Waals surface area contributed by atoms with E-state index in [1.165, 1.54) is 0 Å². The zero-order chi connectivity index (χ0) is 20.2. The summed E-state index contributed by atoms with van der Waals surface area (Å²) in [6.45, 7) is 2.64. The van der Waals surface area contributed by atoms with Crippen LogP contribution < -0.4 is 10.1 Å². The van der Waals surface area contributed by atoms with Crippen LogP contribution in [0.2, 0.25) is 5.02 Å². The van der Waals surface area contributed by atoms with Gasteiger partial charge in [0.2, 0.25) is 5.91 Å². The van der Waals surface area contributed by atoms with Gasteiger partial charge in [-0.15, -0.1) is 0 Å². The summed E-state index contributed by atoms with van der Waals surface area (Å²) in [7, 11) is 0. The Balaban J connectivity index is 1.49. The number of halogens is 1. The number of hydrogen-bond acceptors (Lipinski definition) is 2. The number of benzene rings is 3. The van der Waals surface area contributed by atoms with Gasteiger partial charge in [0.1, 0.15) is 18.9 Å². The molecule has 0 atom stereocenters. The molecule has 1 aromatic heterocycles. The average Bonchev–Trinajstić information content (AvgIpc) is 3.13. The summed E-state index contributed by atoms with van der Waals surface area (Å²) in [5.74, 6) is 0.711. The fraction of sp³-hybridized carbons (Fsp3) is 0.125. The maximum atomic E-state index is 12.6. The SMILES string of the molecule is Cc1cc(Cl)ccc1NC(=O)Cn1ccc2c(OCc3ccccc3)cccc21. The Morgan fingerprint density at radius 3 is 2.66 bits per heavy atom. The molecule has 0 spiro atoms. The molecule has 1 N–H and O–H groups in total. The number of fused-ring (bicyclic) bond motifs is 1. The number of ether oxygens (including phenoxy) is 1. The summed E-state index contributed by atoms with van der Waals surface area (Å²) >= 11 is 5.98. The molecule has 29 heavy (non-hydrogen) atoms. The first kappa shape index (κ1) is 19.1. The number of nitrogens with zero attached hydrogens (tertiary/aromatic N) is 1. The van der Waals surface area contributed by atoms with Crippen molar-refractivity contribution in [3.63, 3.8) is 0 Å². The standard InChI is InChI=1S/C24H21ClN2O2/c1-17-14-19(25)10-11-21(17)26-24(28)15-27-13-12-20-22(27)8-5-9-23(20)29-16-18-6-3-2-4-7-18/h2-14H,15-16H2,1H3,(H,26,28). The minimum Gasteiger partial charge on any atom is -0.488 e. The zero-order valence-electron chi connectivity index (χ0n) is 16.1. The lowest BCUT2D eigenvalue weighted by Gasteiger charge is -2.11. The topological polar surface area (TPSA) is 43.3 Å². The van der Waals surface area contributed by atoms with Crippen LogP contribution in [0.5, 0.6) is 5.75 Å². The Morgan fingerprint density at radius 2 is 1.86 bits per heavy atom. The molecule has 5 heteroatoms. The van der Waals surface area contributed by atoms with Crippen molar-refractivity contribution in [2.75, 3.05) is 5.32 Å². The molecule has 3 aromatic carbocycles. The molecule has 1 heterocycles. The third kappa shape index (κ3) is 4.44. The molecule has 0 bridgehead atoms. The zero-order valence-corrected chi connectivity index (χ0v) is 16.8. The lowest BCUT2D eigenvalue weighted by atomic mass is 10.2. The fourth-order valence-electron chi connectivity index (χ4n) is 3.31. The summed E-state index contributed by atoms with van der Waals surface area (Å²) in [6, 6.07) is 23.3. The van der Waals surface area contributed by atoms with Crippen LogP contribution in [0.25, 0.3) is 10.9 Å². The van der Waals surface area contributed by atoms with Crippen molar-refractivity contribution in [1.29, 1.82) is 0 Å². The Kier molecular flexibility index (Phi) is 5.54. The number of hydrogen-bond donors (Lipinski definition) is 1. The predicted octanol–water partition coefficient (Wildman–Crippen LogP) is 5.82. The Hall–Kier alpha value is -3.24. The van der Waals surface area contributed by atoms with Crippen LogP contribution in [-0.2, 0) is 17.9 Å². The van der Waals surface area contributed by atoms with E-state index in [9.17, 15) is 4.79 Å². The van der Waals surface area contributed by atoms with Gasteiger partial charge in [-0.2, -0.15) is 0 Å². The molecular weight excluding hydrogens is 384 g/mol. The number of anilines is 1. The maximum absolute atomic E-state index is 12.6. The summed E-state index contributed by atoms with van der Waals surface area (Å²) in [5.41, 5.74) is 3.77. The van der Waals surface area contributed by atoms with Crippen molar-refractivity contribution in [3.05, 3.63) is 95.1 Å². The number of nitrogens with one attached hydrogen (secondary N) is 1. The molecule has 0 unspecified atom stereocenters. The number of rotatable bonds is 6.